The molecule has 1 fully saturated rings. The smallest absolute Gasteiger partial charge is 0.164 e. The fourth-order valence-corrected chi connectivity index (χ4v) is 7.99. The van der Waals surface area contributed by atoms with Crippen molar-refractivity contribution >= 4 is 38.1 Å². The molecule has 0 atom stereocenters. The van der Waals surface area contributed by atoms with E-state index in [1.807, 2.05) is 47.7 Å². The molecule has 5 aromatic rings. The predicted octanol–water partition coefficient (Wildman–Crippen LogP) is 14.6. The average Bonchev–Trinajstić information content (AvgIpc) is 3.16. The minimum absolute atomic E-state index is 0. The van der Waals surface area contributed by atoms with Gasteiger partial charge in [-0.05, 0) is 101 Å². The van der Waals surface area contributed by atoms with E-state index in [1.165, 1.54) is 69.8 Å². The number of aliphatic hydroxyl groups is 1. The van der Waals surface area contributed by atoms with Gasteiger partial charge in [0.25, 0.3) is 0 Å². The quantitative estimate of drug-likeness (QED) is 0.0694. The molecule has 4 heteroatoms. The number of carbonyl (C=O) groups excluding carboxylic acids is 1. The van der Waals surface area contributed by atoms with Gasteiger partial charge in [0.1, 0.15) is 5.76 Å². The molecule has 291 valence electrons. The molecular weight excluding hydrogens is 839 g/mol. The Labute approximate surface area is 339 Å². The van der Waals surface area contributed by atoms with Crippen LogP contribution in [0.4, 0.5) is 0 Å². The first-order chi connectivity index (χ1) is 25.0. The Morgan fingerprint density at radius 3 is 1.96 bits per heavy atom. The number of ketones is 1. The molecule has 54 heavy (non-hydrogen) atoms. The van der Waals surface area contributed by atoms with Gasteiger partial charge in [-0.2, -0.15) is 0 Å². The van der Waals surface area contributed by atoms with Crippen LogP contribution in [0, 0.1) is 22.3 Å². The number of allylic oxidation sites excluding steroid dienone is 2. The molecule has 1 N–H and O–H groups in total. The summed E-state index contributed by atoms with van der Waals surface area (Å²) in [5, 5.41) is 17.8. The molecule has 0 aliphatic heterocycles. The minimum atomic E-state index is -0.337. The number of hydrogen-bond donors (Lipinski definition) is 1. The second kappa shape index (κ2) is 17.2. The Bertz CT molecular complexity index is 2100. The summed E-state index contributed by atoms with van der Waals surface area (Å²) in [6.07, 6.45) is 11.9. The zero-order valence-electron chi connectivity index (χ0n) is 34.9. The van der Waals surface area contributed by atoms with E-state index in [-0.39, 0.29) is 47.9 Å². The van der Waals surface area contributed by atoms with Crippen molar-refractivity contribution in [3.05, 3.63) is 102 Å². The maximum absolute atomic E-state index is 12.2. The van der Waals surface area contributed by atoms with Crippen molar-refractivity contribution in [1.82, 2.24) is 4.98 Å². The van der Waals surface area contributed by atoms with Crippen LogP contribution < -0.4 is 0 Å². The molecule has 0 saturated heterocycles. The molecule has 3 nitrogen and oxygen atoms in total. The fraction of sp³-hybridized carbons (Fsp3) is 0.480. The Morgan fingerprint density at radius 2 is 1.35 bits per heavy atom. The zero-order chi connectivity index (χ0) is 38.8. The van der Waals surface area contributed by atoms with Crippen LogP contribution in [-0.4, -0.2) is 15.9 Å². The third-order valence-electron chi connectivity index (χ3n) is 13.1. The monoisotopic (exact) mass is 903 g/mol. The van der Waals surface area contributed by atoms with Crippen molar-refractivity contribution in [3.8, 4) is 11.3 Å². The molecule has 1 aliphatic rings. The van der Waals surface area contributed by atoms with Crippen molar-refractivity contribution in [3.63, 3.8) is 0 Å². The first-order valence-corrected chi connectivity index (χ1v) is 20.2. The van der Waals surface area contributed by atoms with Crippen LogP contribution in [0.1, 0.15) is 145 Å². The summed E-state index contributed by atoms with van der Waals surface area (Å²) in [4.78, 5) is 17.1. The summed E-state index contributed by atoms with van der Waals surface area (Å²) < 4.78 is 0. The number of rotatable bonds is 9. The van der Waals surface area contributed by atoms with Gasteiger partial charge in [0.2, 0.25) is 0 Å². The van der Waals surface area contributed by atoms with Gasteiger partial charge in [0.05, 0.1) is 0 Å². The maximum atomic E-state index is 12.2. The summed E-state index contributed by atoms with van der Waals surface area (Å²) in [5.74, 6) is 0.942. The molecule has 1 heterocycles. The molecule has 1 saturated carbocycles. The molecule has 0 unspecified atom stereocenters. The first-order valence-electron chi connectivity index (χ1n) is 20.2. The molecule has 1 radical (unpaired) electrons. The molecule has 4 aromatic carbocycles. The van der Waals surface area contributed by atoms with Gasteiger partial charge in [-0.15, -0.1) is 29.1 Å². The molecule has 1 aliphatic carbocycles. The van der Waals surface area contributed by atoms with Crippen LogP contribution in [0.2, 0.25) is 0 Å². The second-order valence-corrected chi connectivity index (χ2v) is 18.0. The number of carbonyl (C=O) groups is 1. The Hall–Kier alpha value is -3.33. The largest absolute Gasteiger partial charge is 0.512 e. The molecule has 6 rings (SSSR count). The van der Waals surface area contributed by atoms with Gasteiger partial charge >= 0.3 is 0 Å². The van der Waals surface area contributed by atoms with Crippen LogP contribution in [0.25, 0.3) is 43.6 Å². The fourth-order valence-electron chi connectivity index (χ4n) is 7.99. The zero-order valence-corrected chi connectivity index (χ0v) is 37.3. The SMILES string of the molecule is CC1(C)CCC(c2cccc3c2ccc2c(-c4[c-]c5ccccc5c(C(C)(C)C)c4)nccc23)CC1.CCC(C)(CC)C(=O)/C=C(\O)C(C)(CC)CC.[Ir]. The number of hydrogen-bond acceptors (Lipinski definition) is 3. The van der Waals surface area contributed by atoms with E-state index in [0.29, 0.717) is 11.3 Å². The molecule has 0 amide bonds. The topological polar surface area (TPSA) is 50.2 Å². The minimum Gasteiger partial charge on any atom is -0.512 e. The van der Waals surface area contributed by atoms with E-state index < -0.39 is 0 Å². The van der Waals surface area contributed by atoms with Gasteiger partial charge in [-0.3, -0.25) is 9.78 Å². The summed E-state index contributed by atoms with van der Waals surface area (Å²) in [5.41, 5.74) is 4.88. The third-order valence-corrected chi connectivity index (χ3v) is 13.1. The van der Waals surface area contributed by atoms with E-state index in [0.717, 1.165) is 42.3 Å². The summed E-state index contributed by atoms with van der Waals surface area (Å²) in [6.45, 7) is 23.8. The van der Waals surface area contributed by atoms with Crippen molar-refractivity contribution in [2.75, 3.05) is 0 Å². The number of nitrogens with zero attached hydrogens (tertiary/aromatic N) is 1. The van der Waals surface area contributed by atoms with Gasteiger partial charge < -0.3 is 5.11 Å². The second-order valence-electron chi connectivity index (χ2n) is 18.0. The summed E-state index contributed by atoms with van der Waals surface area (Å²) in [6, 6.07) is 28.4. The molecule has 0 bridgehead atoms. The van der Waals surface area contributed by atoms with Crippen LogP contribution in [0.5, 0.6) is 0 Å². The standard InChI is InChI=1S/C35H36N.C15H28O2.Ir/c1-34(2,3)32-22-25(21-24-9-6-7-10-27(24)32)33-31-14-13-29-26(23-15-18-35(4,5)19-16-23)11-8-12-28(29)30(31)17-20-36-33;1-7-14(5,8-2)12(16)11-13(17)15(6,9-3)10-4;/h6-14,17,20,22-23H,15-16,18-19H2,1-5H3;11,16H,7-10H2,1-6H3;/q-1;;/b;12-11-;. The van der Waals surface area contributed by atoms with Crippen LogP contribution in [-0.2, 0) is 30.3 Å². The number of pyridine rings is 1. The number of aromatic nitrogens is 1. The van der Waals surface area contributed by atoms with Gasteiger partial charge in [-0.25, -0.2) is 0 Å². The Kier molecular flexibility index (Phi) is 13.8. The van der Waals surface area contributed by atoms with Crippen molar-refractivity contribution in [1.29, 1.82) is 0 Å². The number of benzene rings is 4. The number of fused-ring (bicyclic) bond motifs is 4. The van der Waals surface area contributed by atoms with Crippen LogP contribution in [0.3, 0.4) is 0 Å². The van der Waals surface area contributed by atoms with Crippen molar-refractivity contribution < 1.29 is 30.0 Å². The van der Waals surface area contributed by atoms with Gasteiger partial charge in [0.15, 0.2) is 5.78 Å². The molecule has 1 aromatic heterocycles. The van der Waals surface area contributed by atoms with Crippen LogP contribution >= 0.6 is 0 Å². The van der Waals surface area contributed by atoms with E-state index in [2.05, 4.69) is 107 Å². The number of aliphatic hydroxyl groups excluding tert-OH is 1. The van der Waals surface area contributed by atoms with Gasteiger partial charge in [-0.1, -0.05) is 136 Å². The first kappa shape index (κ1) is 43.4. The molecular formula is C50H64IrNO2-. The third kappa shape index (κ3) is 9.03. The maximum Gasteiger partial charge on any atom is 0.164 e. The van der Waals surface area contributed by atoms with Gasteiger partial charge in [0, 0.05) is 48.9 Å². The normalized spacial score (nSPS) is 15.5. The predicted molar refractivity (Wildman–Crippen MR) is 228 cm³/mol. The van der Waals surface area contributed by atoms with E-state index in [9.17, 15) is 9.90 Å². The summed E-state index contributed by atoms with van der Waals surface area (Å²) in [7, 11) is 0. The Morgan fingerprint density at radius 1 is 0.778 bits per heavy atom. The van der Waals surface area contributed by atoms with E-state index >= 15 is 0 Å². The van der Waals surface area contributed by atoms with Crippen LogP contribution in [0.15, 0.2) is 84.8 Å². The van der Waals surface area contributed by atoms with E-state index in [4.69, 9.17) is 4.98 Å². The summed E-state index contributed by atoms with van der Waals surface area (Å²) >= 11 is 0. The van der Waals surface area contributed by atoms with Crippen molar-refractivity contribution in [2.24, 2.45) is 16.2 Å². The average molecular weight is 903 g/mol. The molecule has 0 spiro atoms. The van der Waals surface area contributed by atoms with E-state index in [1.54, 1.807) is 0 Å². The Balaban J connectivity index is 0.000000309. The van der Waals surface area contributed by atoms with Crippen molar-refractivity contribution in [2.45, 2.75) is 139 Å².